The molecule has 4 nitrogen and oxygen atoms in total. The first-order valence-electron chi connectivity index (χ1n) is 6.47. The molecule has 0 unspecified atom stereocenters. The molecule has 1 fully saturated rings. The average Bonchev–Trinajstić information content (AvgIpc) is 2.44. The Morgan fingerprint density at radius 3 is 2.15 bits per heavy atom. The second-order valence-electron chi connectivity index (χ2n) is 5.30. The molecule has 0 aliphatic heterocycles. The summed E-state index contributed by atoms with van der Waals surface area (Å²) in [5.41, 5.74) is 1.84. The Morgan fingerprint density at radius 2 is 1.75 bits per heavy atom. The van der Waals surface area contributed by atoms with Crippen LogP contribution in [-0.2, 0) is 0 Å². The third-order valence-corrected chi connectivity index (χ3v) is 4.16. The Kier molecular flexibility index (Phi) is 5.08. The molecule has 0 amide bonds. The van der Waals surface area contributed by atoms with E-state index in [4.69, 9.17) is 21.0 Å². The van der Waals surface area contributed by atoms with Gasteiger partial charge in [-0.15, -0.1) is 0 Å². The molecule has 20 heavy (non-hydrogen) atoms. The van der Waals surface area contributed by atoms with Crippen LogP contribution in [0.5, 0.6) is 0 Å². The van der Waals surface area contributed by atoms with Crippen molar-refractivity contribution in [3.8, 4) is 24.3 Å². The molecule has 0 aromatic carbocycles. The Labute approximate surface area is 119 Å². The van der Waals surface area contributed by atoms with Crippen molar-refractivity contribution in [1.29, 1.82) is 21.0 Å². The first-order chi connectivity index (χ1) is 9.49. The lowest BCUT2D eigenvalue weighted by Crippen LogP contribution is -2.31. The van der Waals surface area contributed by atoms with E-state index in [0.717, 1.165) is 11.1 Å². The quantitative estimate of drug-likeness (QED) is 0.565. The van der Waals surface area contributed by atoms with Gasteiger partial charge in [-0.2, -0.15) is 21.0 Å². The van der Waals surface area contributed by atoms with Crippen LogP contribution >= 0.6 is 0 Å². The van der Waals surface area contributed by atoms with Crippen molar-refractivity contribution in [1.82, 2.24) is 0 Å². The lowest BCUT2D eigenvalue weighted by Gasteiger charge is -2.37. The molecule has 0 N–H and O–H groups in total. The highest BCUT2D eigenvalue weighted by molar-refractivity contribution is 5.42. The maximum atomic E-state index is 9.12. The Bertz CT molecular complexity index is 570. The SMILES string of the molecule is C=C(C)[C@H]1CC(=C(C#N)C#N)[C@@H](C)[C@@H](C(C#N)C#N)C1. The average molecular weight is 264 g/mol. The van der Waals surface area contributed by atoms with Gasteiger partial charge < -0.3 is 0 Å². The number of nitriles is 4. The zero-order valence-corrected chi connectivity index (χ0v) is 11.7. The molecule has 0 radical (unpaired) electrons. The van der Waals surface area contributed by atoms with E-state index >= 15 is 0 Å². The molecule has 0 heterocycles. The topological polar surface area (TPSA) is 95.2 Å². The molecule has 0 bridgehead atoms. The minimum absolute atomic E-state index is 0.107. The largest absolute Gasteiger partial charge is 0.197 e. The maximum Gasteiger partial charge on any atom is 0.136 e. The third kappa shape index (κ3) is 2.88. The van der Waals surface area contributed by atoms with E-state index in [-0.39, 0.29) is 23.3 Å². The van der Waals surface area contributed by atoms with Crippen molar-refractivity contribution in [2.24, 2.45) is 23.7 Å². The highest BCUT2D eigenvalue weighted by Gasteiger charge is 2.38. The lowest BCUT2D eigenvalue weighted by atomic mass is 9.65. The molecule has 0 aromatic rings. The van der Waals surface area contributed by atoms with Gasteiger partial charge in [-0.05, 0) is 43.1 Å². The zero-order chi connectivity index (χ0) is 15.3. The van der Waals surface area contributed by atoms with Crippen LogP contribution in [0.1, 0.15) is 26.7 Å². The first-order valence-corrected chi connectivity index (χ1v) is 6.47. The Morgan fingerprint density at radius 1 is 1.20 bits per heavy atom. The number of rotatable bonds is 2. The number of allylic oxidation sites excluding steroid dienone is 3. The van der Waals surface area contributed by atoms with Crippen molar-refractivity contribution in [3.63, 3.8) is 0 Å². The smallest absolute Gasteiger partial charge is 0.136 e. The standard InChI is InChI=1S/C16H16N4/c1-10(2)12-4-15(13(6-17)7-18)11(3)16(5-12)14(8-19)9-20/h11-13,15H,1,4-5H2,2-3H3/t11-,12+,15-/m0/s1. The van der Waals surface area contributed by atoms with E-state index < -0.39 is 5.92 Å². The predicted octanol–water partition coefficient (Wildman–Crippen LogP) is 3.23. The summed E-state index contributed by atoms with van der Waals surface area (Å²) < 4.78 is 0. The highest BCUT2D eigenvalue weighted by Crippen LogP contribution is 2.44. The summed E-state index contributed by atoms with van der Waals surface area (Å²) in [5.74, 6) is -0.871. The molecule has 4 heteroatoms. The van der Waals surface area contributed by atoms with Gasteiger partial charge in [0.2, 0.25) is 0 Å². The van der Waals surface area contributed by atoms with Crippen molar-refractivity contribution in [3.05, 3.63) is 23.3 Å². The number of hydrogen-bond acceptors (Lipinski definition) is 4. The van der Waals surface area contributed by atoms with Gasteiger partial charge in [-0.3, -0.25) is 0 Å². The number of nitrogens with zero attached hydrogens (tertiary/aromatic N) is 4. The van der Waals surface area contributed by atoms with Gasteiger partial charge in [-0.1, -0.05) is 19.1 Å². The fraction of sp³-hybridized carbons (Fsp3) is 0.500. The summed E-state index contributed by atoms with van der Waals surface area (Å²) in [6.45, 7) is 7.74. The second kappa shape index (κ2) is 6.56. The van der Waals surface area contributed by atoms with E-state index in [0.29, 0.717) is 12.8 Å². The summed E-state index contributed by atoms with van der Waals surface area (Å²) in [7, 11) is 0. The van der Waals surface area contributed by atoms with E-state index in [2.05, 4.69) is 6.58 Å². The normalized spacial score (nSPS) is 24.9. The molecule has 3 atom stereocenters. The summed E-state index contributed by atoms with van der Waals surface area (Å²) in [6.07, 6.45) is 1.32. The van der Waals surface area contributed by atoms with Crippen molar-refractivity contribution < 1.29 is 0 Å². The minimum atomic E-state index is -0.721. The molecular weight excluding hydrogens is 248 g/mol. The van der Waals surface area contributed by atoms with Gasteiger partial charge in [0.1, 0.15) is 23.6 Å². The molecule has 100 valence electrons. The molecule has 0 aromatic heterocycles. The minimum Gasteiger partial charge on any atom is -0.197 e. The lowest BCUT2D eigenvalue weighted by molar-refractivity contribution is 0.248. The van der Waals surface area contributed by atoms with Crippen molar-refractivity contribution >= 4 is 0 Å². The molecule has 1 aliphatic rings. The highest BCUT2D eigenvalue weighted by atomic mass is 14.4. The summed E-state index contributed by atoms with van der Waals surface area (Å²) in [6, 6.07) is 7.92. The van der Waals surface area contributed by atoms with Crippen LogP contribution in [0, 0.1) is 69.0 Å². The van der Waals surface area contributed by atoms with Crippen LogP contribution in [0.4, 0.5) is 0 Å². The molecule has 0 saturated heterocycles. The second-order valence-corrected chi connectivity index (χ2v) is 5.30. The fourth-order valence-electron chi connectivity index (χ4n) is 2.84. The molecular formula is C16H16N4. The third-order valence-electron chi connectivity index (χ3n) is 4.16. The van der Waals surface area contributed by atoms with Crippen LogP contribution in [0.15, 0.2) is 23.3 Å². The van der Waals surface area contributed by atoms with Gasteiger partial charge in [0.15, 0.2) is 0 Å². The zero-order valence-electron chi connectivity index (χ0n) is 11.7. The van der Waals surface area contributed by atoms with Crippen molar-refractivity contribution in [2.75, 3.05) is 0 Å². The van der Waals surface area contributed by atoms with Gasteiger partial charge in [-0.25, -0.2) is 0 Å². The van der Waals surface area contributed by atoms with Crippen LogP contribution in [0.25, 0.3) is 0 Å². The van der Waals surface area contributed by atoms with Gasteiger partial charge in [0, 0.05) is 0 Å². The van der Waals surface area contributed by atoms with Crippen molar-refractivity contribution in [2.45, 2.75) is 26.7 Å². The molecule has 1 aliphatic carbocycles. The molecule has 1 saturated carbocycles. The van der Waals surface area contributed by atoms with Gasteiger partial charge >= 0.3 is 0 Å². The van der Waals surface area contributed by atoms with E-state index in [9.17, 15) is 0 Å². The fourth-order valence-corrected chi connectivity index (χ4v) is 2.84. The van der Waals surface area contributed by atoms with Crippen LogP contribution < -0.4 is 0 Å². The Hall–Kier alpha value is -2.56. The monoisotopic (exact) mass is 264 g/mol. The summed E-state index contributed by atoms with van der Waals surface area (Å²) >= 11 is 0. The van der Waals surface area contributed by atoms with Crippen LogP contribution in [-0.4, -0.2) is 0 Å². The Balaban J connectivity index is 3.31. The van der Waals surface area contributed by atoms with Crippen LogP contribution in [0.3, 0.4) is 0 Å². The molecule has 0 spiro atoms. The van der Waals surface area contributed by atoms with E-state index in [1.807, 2.05) is 38.1 Å². The predicted molar refractivity (Wildman–Crippen MR) is 73.2 cm³/mol. The first kappa shape index (κ1) is 15.5. The summed E-state index contributed by atoms with van der Waals surface area (Å²) in [5, 5.41) is 36.4. The van der Waals surface area contributed by atoms with E-state index in [1.165, 1.54) is 0 Å². The number of hydrogen-bond donors (Lipinski definition) is 0. The van der Waals surface area contributed by atoms with Crippen LogP contribution in [0.2, 0.25) is 0 Å². The molecule has 1 rings (SSSR count). The van der Waals surface area contributed by atoms with E-state index in [1.54, 1.807) is 0 Å². The van der Waals surface area contributed by atoms with Gasteiger partial charge in [0.05, 0.1) is 12.1 Å². The summed E-state index contributed by atoms with van der Waals surface area (Å²) in [4.78, 5) is 0. The van der Waals surface area contributed by atoms with Gasteiger partial charge in [0.25, 0.3) is 0 Å². The maximum absolute atomic E-state index is 9.12.